The Bertz CT molecular complexity index is 422. The van der Waals surface area contributed by atoms with Crippen LogP contribution < -0.4 is 5.32 Å². The highest BCUT2D eigenvalue weighted by molar-refractivity contribution is 7.09. The van der Waals surface area contributed by atoms with Gasteiger partial charge in [0.1, 0.15) is 5.01 Å². The van der Waals surface area contributed by atoms with Crippen molar-refractivity contribution in [2.45, 2.75) is 59.7 Å². The van der Waals surface area contributed by atoms with Crippen molar-refractivity contribution in [3.8, 4) is 0 Å². The van der Waals surface area contributed by atoms with Gasteiger partial charge >= 0.3 is 0 Å². The summed E-state index contributed by atoms with van der Waals surface area (Å²) in [6, 6.07) is 0. The number of nitrogens with zero attached hydrogens (tertiary/aromatic N) is 2. The molecule has 0 saturated carbocycles. The first-order chi connectivity index (χ1) is 9.33. The van der Waals surface area contributed by atoms with Crippen LogP contribution in [0.3, 0.4) is 0 Å². The topological polar surface area (TPSA) is 28.2 Å². The van der Waals surface area contributed by atoms with Gasteiger partial charge < -0.3 is 5.32 Å². The maximum Gasteiger partial charge on any atom is 0.107 e. The molecule has 20 heavy (non-hydrogen) atoms. The van der Waals surface area contributed by atoms with Crippen LogP contribution in [0.25, 0.3) is 0 Å². The molecule has 0 aromatic carbocycles. The van der Waals surface area contributed by atoms with Gasteiger partial charge in [-0.05, 0) is 45.6 Å². The molecular formula is C16H29N3S. The lowest BCUT2D eigenvalue weighted by Gasteiger charge is -2.34. The van der Waals surface area contributed by atoms with Crippen LogP contribution in [0, 0.1) is 11.8 Å². The van der Waals surface area contributed by atoms with Gasteiger partial charge in [-0.3, -0.25) is 4.90 Å². The summed E-state index contributed by atoms with van der Waals surface area (Å²) >= 11 is 1.78. The Labute approximate surface area is 127 Å². The minimum absolute atomic E-state index is 0.157. The van der Waals surface area contributed by atoms with E-state index in [2.05, 4.69) is 50.2 Å². The molecule has 1 aromatic rings. The second-order valence-corrected chi connectivity index (χ2v) is 8.26. The van der Waals surface area contributed by atoms with Crippen molar-refractivity contribution >= 4 is 11.3 Å². The monoisotopic (exact) mass is 295 g/mol. The molecule has 4 heteroatoms. The molecule has 1 fully saturated rings. The summed E-state index contributed by atoms with van der Waals surface area (Å²) in [5.41, 5.74) is 1.40. The Hall–Kier alpha value is -0.450. The molecule has 3 nitrogen and oxygen atoms in total. The number of rotatable bonds is 4. The quantitative estimate of drug-likeness (QED) is 0.921. The molecule has 2 rings (SSSR count). The lowest BCUT2D eigenvalue weighted by Crippen LogP contribution is -2.38. The Morgan fingerprint density at radius 1 is 1.35 bits per heavy atom. The smallest absolute Gasteiger partial charge is 0.107 e. The normalized spacial score (nSPS) is 25.1. The number of hydrogen-bond donors (Lipinski definition) is 1. The molecule has 0 aliphatic carbocycles. The number of hydrogen-bond acceptors (Lipinski definition) is 4. The lowest BCUT2D eigenvalue weighted by molar-refractivity contribution is 0.131. The molecule has 2 unspecified atom stereocenters. The average Bonchev–Trinajstić information content (AvgIpc) is 2.78. The van der Waals surface area contributed by atoms with E-state index >= 15 is 0 Å². The molecule has 0 bridgehead atoms. The molecule has 1 aromatic heterocycles. The molecule has 2 heterocycles. The molecule has 1 N–H and O–H groups in total. The summed E-state index contributed by atoms with van der Waals surface area (Å²) in [5, 5.41) is 6.93. The van der Waals surface area contributed by atoms with E-state index < -0.39 is 0 Å². The first-order valence-corrected chi connectivity index (χ1v) is 8.62. The molecule has 0 amide bonds. The number of nitrogens with one attached hydrogen (secondary N) is 1. The van der Waals surface area contributed by atoms with E-state index in [1.54, 1.807) is 11.3 Å². The molecule has 114 valence electrons. The van der Waals surface area contributed by atoms with Gasteiger partial charge in [-0.25, -0.2) is 4.98 Å². The van der Waals surface area contributed by atoms with E-state index in [1.165, 1.54) is 30.2 Å². The Morgan fingerprint density at radius 3 is 2.75 bits per heavy atom. The molecule has 1 saturated heterocycles. The van der Waals surface area contributed by atoms with Crippen molar-refractivity contribution in [1.82, 2.24) is 15.2 Å². The number of thiazole rings is 1. The van der Waals surface area contributed by atoms with Crippen LogP contribution in [0.1, 0.15) is 51.7 Å². The van der Waals surface area contributed by atoms with Gasteiger partial charge in [0.15, 0.2) is 0 Å². The minimum atomic E-state index is 0.157. The van der Waals surface area contributed by atoms with Gasteiger partial charge in [0, 0.05) is 30.6 Å². The number of aromatic nitrogens is 1. The predicted molar refractivity (Wildman–Crippen MR) is 86.9 cm³/mol. The summed E-state index contributed by atoms with van der Waals surface area (Å²) in [7, 11) is 0. The van der Waals surface area contributed by atoms with Gasteiger partial charge in [0.25, 0.3) is 0 Å². The highest BCUT2D eigenvalue weighted by atomic mass is 32.1. The first-order valence-electron chi connectivity index (χ1n) is 7.74. The highest BCUT2D eigenvalue weighted by Crippen LogP contribution is 2.24. The number of likely N-dealkylation sites (tertiary alicyclic amines) is 1. The number of piperidine rings is 1. The third-order valence-corrected chi connectivity index (χ3v) is 5.07. The van der Waals surface area contributed by atoms with Gasteiger partial charge in [-0.15, -0.1) is 11.3 Å². The average molecular weight is 295 g/mol. The zero-order valence-corrected chi connectivity index (χ0v) is 14.4. The molecule has 0 radical (unpaired) electrons. The van der Waals surface area contributed by atoms with Crippen LogP contribution in [0.2, 0.25) is 0 Å². The lowest BCUT2D eigenvalue weighted by atomic mass is 9.89. The fourth-order valence-electron chi connectivity index (χ4n) is 2.57. The van der Waals surface area contributed by atoms with E-state index in [4.69, 9.17) is 4.98 Å². The van der Waals surface area contributed by atoms with Crippen molar-refractivity contribution in [2.24, 2.45) is 11.8 Å². The van der Waals surface area contributed by atoms with Crippen LogP contribution in [0.5, 0.6) is 0 Å². The fourth-order valence-corrected chi connectivity index (χ4v) is 3.29. The Kier molecular flexibility index (Phi) is 5.21. The second kappa shape index (κ2) is 6.54. The van der Waals surface area contributed by atoms with E-state index in [0.29, 0.717) is 0 Å². The third kappa shape index (κ3) is 4.83. The van der Waals surface area contributed by atoms with Crippen molar-refractivity contribution < 1.29 is 0 Å². The van der Waals surface area contributed by atoms with Crippen LogP contribution in [0.15, 0.2) is 5.38 Å². The molecule has 2 atom stereocenters. The van der Waals surface area contributed by atoms with E-state index in [-0.39, 0.29) is 5.54 Å². The van der Waals surface area contributed by atoms with Gasteiger partial charge in [0.05, 0.1) is 5.69 Å². The molecular weight excluding hydrogens is 266 g/mol. The van der Waals surface area contributed by atoms with Crippen LogP contribution >= 0.6 is 11.3 Å². The predicted octanol–water partition coefficient (Wildman–Crippen LogP) is 3.51. The van der Waals surface area contributed by atoms with Crippen LogP contribution in [-0.2, 0) is 13.1 Å². The Balaban J connectivity index is 1.84. The zero-order valence-electron chi connectivity index (χ0n) is 13.6. The van der Waals surface area contributed by atoms with E-state index in [0.717, 1.165) is 24.9 Å². The molecule has 1 aliphatic rings. The summed E-state index contributed by atoms with van der Waals surface area (Å²) in [6.07, 6.45) is 1.32. The first kappa shape index (κ1) is 15.9. The van der Waals surface area contributed by atoms with Crippen molar-refractivity contribution in [2.75, 3.05) is 13.1 Å². The molecule has 0 spiro atoms. The zero-order chi connectivity index (χ0) is 14.8. The van der Waals surface area contributed by atoms with Crippen molar-refractivity contribution in [3.63, 3.8) is 0 Å². The highest BCUT2D eigenvalue weighted by Gasteiger charge is 2.23. The standard InChI is InChI=1S/C16H29N3S/c1-12-6-7-19(9-13(12)2)10-14-11-20-15(18-14)8-17-16(3,4)5/h11-13,17H,6-10H2,1-5H3. The molecule has 1 aliphatic heterocycles. The van der Waals surface area contributed by atoms with Crippen LogP contribution in [-0.4, -0.2) is 28.5 Å². The fraction of sp³-hybridized carbons (Fsp3) is 0.812. The van der Waals surface area contributed by atoms with E-state index in [9.17, 15) is 0 Å². The van der Waals surface area contributed by atoms with Crippen molar-refractivity contribution in [1.29, 1.82) is 0 Å². The summed E-state index contributed by atoms with van der Waals surface area (Å²) in [4.78, 5) is 7.32. The second-order valence-electron chi connectivity index (χ2n) is 7.31. The third-order valence-electron chi connectivity index (χ3n) is 4.17. The van der Waals surface area contributed by atoms with Gasteiger partial charge in [0.2, 0.25) is 0 Å². The maximum absolute atomic E-state index is 4.77. The van der Waals surface area contributed by atoms with Crippen molar-refractivity contribution in [3.05, 3.63) is 16.1 Å². The SMILES string of the molecule is CC1CCN(Cc2csc(CNC(C)(C)C)n2)CC1C. The maximum atomic E-state index is 4.77. The minimum Gasteiger partial charge on any atom is -0.306 e. The van der Waals surface area contributed by atoms with Gasteiger partial charge in [-0.2, -0.15) is 0 Å². The summed E-state index contributed by atoms with van der Waals surface area (Å²) in [6.45, 7) is 15.7. The van der Waals surface area contributed by atoms with Crippen LogP contribution in [0.4, 0.5) is 0 Å². The van der Waals surface area contributed by atoms with Gasteiger partial charge in [-0.1, -0.05) is 13.8 Å². The largest absolute Gasteiger partial charge is 0.306 e. The Morgan fingerprint density at radius 2 is 2.10 bits per heavy atom. The summed E-state index contributed by atoms with van der Waals surface area (Å²) in [5.74, 6) is 1.68. The van der Waals surface area contributed by atoms with E-state index in [1.807, 2.05) is 0 Å². The summed E-state index contributed by atoms with van der Waals surface area (Å²) < 4.78 is 0.